The van der Waals surface area contributed by atoms with Gasteiger partial charge in [-0.15, -0.1) is 0 Å². The predicted molar refractivity (Wildman–Crippen MR) is 74.2 cm³/mol. The zero-order chi connectivity index (χ0) is 14.4. The van der Waals surface area contributed by atoms with Crippen molar-refractivity contribution < 1.29 is 14.3 Å². The topological polar surface area (TPSA) is 80.4 Å². The summed E-state index contributed by atoms with van der Waals surface area (Å²) in [4.78, 5) is 27.7. The molecule has 100 valence electrons. The van der Waals surface area contributed by atoms with Crippen molar-refractivity contribution in [3.05, 3.63) is 51.5 Å². The summed E-state index contributed by atoms with van der Waals surface area (Å²) < 4.78 is 5.24. The van der Waals surface area contributed by atoms with Gasteiger partial charge in [-0.2, -0.15) is 0 Å². The third-order valence-corrected chi connectivity index (χ3v) is 3.39. The van der Waals surface area contributed by atoms with Gasteiger partial charge in [0.15, 0.2) is 0 Å². The van der Waals surface area contributed by atoms with Crippen molar-refractivity contribution in [2.24, 2.45) is 0 Å². The Kier molecular flexibility index (Phi) is 2.57. The Morgan fingerprint density at radius 1 is 1.25 bits per heavy atom. The average molecular weight is 269 g/mol. The number of aromatic carboxylic acids is 1. The van der Waals surface area contributed by atoms with Crippen LogP contribution < -0.4 is 5.63 Å². The van der Waals surface area contributed by atoms with Crippen LogP contribution >= 0.6 is 0 Å². The standard InChI is InChI=1S/C15H11NO4/c1-7-11(14(17)18)8(2)16-13-9-5-3-4-6-10(9)20-15(19)12(7)13/h3-6H,1-2H3,(H,17,18). The molecule has 2 heterocycles. The number of para-hydroxylation sites is 1. The summed E-state index contributed by atoms with van der Waals surface area (Å²) in [6, 6.07) is 7.07. The van der Waals surface area contributed by atoms with E-state index in [0.717, 1.165) is 0 Å². The lowest BCUT2D eigenvalue weighted by molar-refractivity contribution is 0.0695. The molecule has 5 nitrogen and oxygen atoms in total. The van der Waals surface area contributed by atoms with Crippen LogP contribution in [0.2, 0.25) is 0 Å². The minimum absolute atomic E-state index is 0.0556. The molecule has 1 aromatic carbocycles. The first-order valence-corrected chi connectivity index (χ1v) is 6.06. The number of aromatic nitrogens is 1. The summed E-state index contributed by atoms with van der Waals surface area (Å²) in [7, 11) is 0. The van der Waals surface area contributed by atoms with Gasteiger partial charge in [-0.3, -0.25) is 4.98 Å². The van der Waals surface area contributed by atoms with Gasteiger partial charge in [0.25, 0.3) is 0 Å². The monoisotopic (exact) mass is 269 g/mol. The Morgan fingerprint density at radius 3 is 2.65 bits per heavy atom. The lowest BCUT2D eigenvalue weighted by atomic mass is 10.0. The van der Waals surface area contributed by atoms with E-state index in [1.54, 1.807) is 32.0 Å². The van der Waals surface area contributed by atoms with Crippen molar-refractivity contribution in [2.75, 3.05) is 0 Å². The Labute approximate surface area is 113 Å². The van der Waals surface area contributed by atoms with Gasteiger partial charge >= 0.3 is 11.6 Å². The molecule has 3 rings (SSSR count). The molecule has 0 saturated heterocycles. The van der Waals surface area contributed by atoms with Gasteiger partial charge in [-0.1, -0.05) is 12.1 Å². The molecule has 0 bridgehead atoms. The SMILES string of the molecule is Cc1nc2c(c(C)c1C(=O)O)c(=O)oc1ccccc12. The van der Waals surface area contributed by atoms with Gasteiger partial charge in [0.1, 0.15) is 5.58 Å². The molecule has 0 radical (unpaired) electrons. The summed E-state index contributed by atoms with van der Waals surface area (Å²) in [5.74, 6) is -1.10. The number of carbonyl (C=O) groups is 1. The molecule has 1 N–H and O–H groups in total. The molecule has 0 aliphatic rings. The molecule has 0 saturated carbocycles. The van der Waals surface area contributed by atoms with Crippen LogP contribution in [0.1, 0.15) is 21.6 Å². The molecule has 0 unspecified atom stereocenters. The average Bonchev–Trinajstić information content (AvgIpc) is 2.37. The fourth-order valence-electron chi connectivity index (χ4n) is 2.52. The number of nitrogens with zero attached hydrogens (tertiary/aromatic N) is 1. The number of hydrogen-bond acceptors (Lipinski definition) is 4. The van der Waals surface area contributed by atoms with Gasteiger partial charge in [0, 0.05) is 5.39 Å². The molecule has 0 fully saturated rings. The maximum absolute atomic E-state index is 12.1. The van der Waals surface area contributed by atoms with Crippen molar-refractivity contribution >= 4 is 27.8 Å². The molecule has 3 aromatic rings. The van der Waals surface area contributed by atoms with E-state index in [9.17, 15) is 14.7 Å². The summed E-state index contributed by atoms with van der Waals surface area (Å²) in [6.07, 6.45) is 0. The summed E-state index contributed by atoms with van der Waals surface area (Å²) in [5, 5.41) is 10.2. The molecular formula is C15H11NO4. The zero-order valence-corrected chi connectivity index (χ0v) is 10.9. The second-order valence-corrected chi connectivity index (χ2v) is 4.61. The first-order chi connectivity index (χ1) is 9.50. The van der Waals surface area contributed by atoms with E-state index in [-0.39, 0.29) is 10.9 Å². The number of aryl methyl sites for hydroxylation is 2. The molecule has 0 amide bonds. The number of carboxylic acid groups (broad SMARTS) is 1. The van der Waals surface area contributed by atoms with E-state index in [2.05, 4.69) is 4.98 Å². The molecular weight excluding hydrogens is 258 g/mol. The van der Waals surface area contributed by atoms with Crippen LogP contribution in [0.5, 0.6) is 0 Å². The van der Waals surface area contributed by atoms with Crippen LogP contribution in [0.3, 0.4) is 0 Å². The molecule has 0 aliphatic heterocycles. The molecule has 2 aromatic heterocycles. The van der Waals surface area contributed by atoms with Gasteiger partial charge < -0.3 is 9.52 Å². The van der Waals surface area contributed by atoms with E-state index < -0.39 is 11.6 Å². The number of rotatable bonds is 1. The number of benzene rings is 1. The third-order valence-electron chi connectivity index (χ3n) is 3.39. The minimum atomic E-state index is -1.10. The largest absolute Gasteiger partial charge is 0.478 e. The van der Waals surface area contributed by atoms with Crippen LogP contribution in [0.4, 0.5) is 0 Å². The number of carboxylic acids is 1. The quantitative estimate of drug-likeness (QED) is 0.542. The fraction of sp³-hybridized carbons (Fsp3) is 0.133. The third kappa shape index (κ3) is 1.60. The second-order valence-electron chi connectivity index (χ2n) is 4.61. The normalized spacial score (nSPS) is 11.1. The van der Waals surface area contributed by atoms with Crippen LogP contribution in [0.15, 0.2) is 33.5 Å². The summed E-state index contributed by atoms with van der Waals surface area (Å²) >= 11 is 0. The maximum Gasteiger partial charge on any atom is 0.346 e. The zero-order valence-electron chi connectivity index (χ0n) is 10.9. The lowest BCUT2D eigenvalue weighted by Gasteiger charge is -2.09. The lowest BCUT2D eigenvalue weighted by Crippen LogP contribution is -2.11. The van der Waals surface area contributed by atoms with Crippen LogP contribution in [0, 0.1) is 13.8 Å². The summed E-state index contributed by atoms with van der Waals surface area (Å²) in [6.45, 7) is 3.23. The molecule has 0 atom stereocenters. The molecule has 5 heteroatoms. The first kappa shape index (κ1) is 12.3. The van der Waals surface area contributed by atoms with Gasteiger partial charge in [-0.25, -0.2) is 9.59 Å². The van der Waals surface area contributed by atoms with Gasteiger partial charge in [0.2, 0.25) is 0 Å². The van der Waals surface area contributed by atoms with Crippen molar-refractivity contribution in [1.82, 2.24) is 4.98 Å². The Bertz CT molecular complexity index is 924. The molecule has 0 aliphatic carbocycles. The Balaban J connectivity index is 2.64. The highest BCUT2D eigenvalue weighted by molar-refractivity contribution is 6.06. The van der Waals surface area contributed by atoms with E-state index in [1.165, 1.54) is 0 Å². The van der Waals surface area contributed by atoms with E-state index in [4.69, 9.17) is 4.42 Å². The van der Waals surface area contributed by atoms with Crippen molar-refractivity contribution in [1.29, 1.82) is 0 Å². The smallest absolute Gasteiger partial charge is 0.346 e. The van der Waals surface area contributed by atoms with Crippen LogP contribution in [-0.2, 0) is 0 Å². The molecule has 20 heavy (non-hydrogen) atoms. The second kappa shape index (κ2) is 4.16. The number of fused-ring (bicyclic) bond motifs is 3. The highest BCUT2D eigenvalue weighted by atomic mass is 16.4. The fourth-order valence-corrected chi connectivity index (χ4v) is 2.52. The first-order valence-electron chi connectivity index (χ1n) is 6.06. The van der Waals surface area contributed by atoms with Crippen LogP contribution in [-0.4, -0.2) is 16.1 Å². The van der Waals surface area contributed by atoms with E-state index in [0.29, 0.717) is 27.7 Å². The maximum atomic E-state index is 12.1. The molecule has 0 spiro atoms. The van der Waals surface area contributed by atoms with E-state index >= 15 is 0 Å². The van der Waals surface area contributed by atoms with Gasteiger partial charge in [0.05, 0.1) is 22.2 Å². The minimum Gasteiger partial charge on any atom is -0.478 e. The van der Waals surface area contributed by atoms with E-state index in [1.807, 2.05) is 6.07 Å². The highest BCUT2D eigenvalue weighted by Gasteiger charge is 2.19. The highest BCUT2D eigenvalue weighted by Crippen LogP contribution is 2.26. The van der Waals surface area contributed by atoms with Crippen molar-refractivity contribution in [3.63, 3.8) is 0 Å². The Morgan fingerprint density at radius 2 is 1.95 bits per heavy atom. The number of hydrogen-bond donors (Lipinski definition) is 1. The van der Waals surface area contributed by atoms with Crippen molar-refractivity contribution in [2.45, 2.75) is 13.8 Å². The Hall–Kier alpha value is -2.69. The summed E-state index contributed by atoms with van der Waals surface area (Å²) in [5.41, 5.74) is 1.19. The van der Waals surface area contributed by atoms with Crippen LogP contribution in [0.25, 0.3) is 21.9 Å². The van der Waals surface area contributed by atoms with Gasteiger partial charge in [-0.05, 0) is 31.5 Å². The predicted octanol–water partition coefficient (Wildman–Crippen LogP) is 2.66. The number of pyridine rings is 1. The van der Waals surface area contributed by atoms with Crippen molar-refractivity contribution in [3.8, 4) is 0 Å².